The molecule has 1 aliphatic carbocycles. The van der Waals surface area contributed by atoms with Crippen molar-refractivity contribution >= 4 is 11.4 Å². The van der Waals surface area contributed by atoms with Crippen LogP contribution in [-0.4, -0.2) is 18.1 Å². The van der Waals surface area contributed by atoms with E-state index in [1.807, 2.05) is 12.3 Å². The molecule has 17 heavy (non-hydrogen) atoms. The Bertz CT molecular complexity index is 364. The van der Waals surface area contributed by atoms with Crippen molar-refractivity contribution in [3.05, 3.63) is 18.5 Å². The number of hydrogen-bond donors (Lipinski definition) is 1. The van der Waals surface area contributed by atoms with Crippen molar-refractivity contribution in [2.75, 3.05) is 17.7 Å². The van der Waals surface area contributed by atoms with Crippen LogP contribution in [-0.2, 0) is 0 Å². The van der Waals surface area contributed by atoms with Gasteiger partial charge in [-0.3, -0.25) is 4.98 Å². The Balaban J connectivity index is 2.18. The van der Waals surface area contributed by atoms with Gasteiger partial charge in [0.05, 0.1) is 17.6 Å². The molecule has 0 bridgehead atoms. The highest BCUT2D eigenvalue weighted by molar-refractivity contribution is 5.66. The molecule has 0 saturated heterocycles. The Morgan fingerprint density at radius 3 is 2.88 bits per heavy atom. The Kier molecular flexibility index (Phi) is 3.87. The van der Waals surface area contributed by atoms with Gasteiger partial charge in [-0.2, -0.15) is 0 Å². The number of nitrogens with two attached hydrogens (primary N) is 1. The summed E-state index contributed by atoms with van der Waals surface area (Å²) in [6, 6.07) is 2.66. The predicted molar refractivity (Wildman–Crippen MR) is 73.1 cm³/mol. The smallest absolute Gasteiger partial charge is 0.0738 e. The highest BCUT2D eigenvalue weighted by Gasteiger charge is 2.27. The lowest BCUT2D eigenvalue weighted by atomic mass is 9.82. The molecule has 2 rings (SSSR count). The molecule has 1 saturated carbocycles. The third-order valence-corrected chi connectivity index (χ3v) is 4.10. The molecule has 1 aliphatic rings. The number of pyridine rings is 1. The van der Waals surface area contributed by atoms with E-state index in [0.717, 1.165) is 17.3 Å². The van der Waals surface area contributed by atoms with Crippen LogP contribution in [0.2, 0.25) is 0 Å². The van der Waals surface area contributed by atoms with E-state index in [2.05, 4.69) is 23.9 Å². The van der Waals surface area contributed by atoms with E-state index in [0.29, 0.717) is 6.04 Å². The van der Waals surface area contributed by atoms with E-state index in [1.54, 1.807) is 6.20 Å². The van der Waals surface area contributed by atoms with Gasteiger partial charge in [0.1, 0.15) is 0 Å². The average molecular weight is 233 g/mol. The molecule has 1 aromatic heterocycles. The van der Waals surface area contributed by atoms with Crippen LogP contribution in [0.3, 0.4) is 0 Å². The molecule has 1 fully saturated rings. The summed E-state index contributed by atoms with van der Waals surface area (Å²) in [7, 11) is 2.17. The van der Waals surface area contributed by atoms with Gasteiger partial charge in [0.2, 0.25) is 0 Å². The summed E-state index contributed by atoms with van der Waals surface area (Å²) in [4.78, 5) is 6.43. The Morgan fingerprint density at radius 2 is 2.18 bits per heavy atom. The molecule has 0 radical (unpaired) electrons. The van der Waals surface area contributed by atoms with Crippen molar-refractivity contribution in [2.24, 2.45) is 5.92 Å². The number of aromatic nitrogens is 1. The van der Waals surface area contributed by atoms with Crippen molar-refractivity contribution in [1.82, 2.24) is 4.98 Å². The summed E-state index contributed by atoms with van der Waals surface area (Å²) in [5.74, 6) is 0.807. The Hall–Kier alpha value is -1.25. The Labute approximate surface area is 104 Å². The fourth-order valence-corrected chi connectivity index (χ4v) is 3.07. The molecule has 0 aliphatic heterocycles. The lowest BCUT2D eigenvalue weighted by Crippen LogP contribution is -2.40. The van der Waals surface area contributed by atoms with Crippen LogP contribution in [0, 0.1) is 5.92 Å². The van der Waals surface area contributed by atoms with Gasteiger partial charge in [0.25, 0.3) is 0 Å². The number of rotatable bonds is 3. The molecule has 2 atom stereocenters. The van der Waals surface area contributed by atoms with E-state index < -0.39 is 0 Å². The van der Waals surface area contributed by atoms with Gasteiger partial charge < -0.3 is 10.6 Å². The maximum atomic E-state index is 6.01. The first-order valence-corrected chi connectivity index (χ1v) is 6.66. The standard InChI is InChI=1S/C14H23N3/c1-3-11-6-4-5-7-13(11)17(2)14-8-9-16-10-12(14)15/h8-11,13H,3-7,15H2,1-2H3. The van der Waals surface area contributed by atoms with Crippen LogP contribution in [0.5, 0.6) is 0 Å². The van der Waals surface area contributed by atoms with Crippen molar-refractivity contribution in [1.29, 1.82) is 0 Å². The van der Waals surface area contributed by atoms with Crippen LogP contribution < -0.4 is 10.6 Å². The SMILES string of the molecule is CCC1CCCCC1N(C)c1ccncc1N. The molecule has 94 valence electrons. The normalized spacial score (nSPS) is 24.6. The van der Waals surface area contributed by atoms with Crippen LogP contribution in [0.25, 0.3) is 0 Å². The molecule has 1 heterocycles. The zero-order chi connectivity index (χ0) is 12.3. The van der Waals surface area contributed by atoms with Gasteiger partial charge in [0, 0.05) is 19.3 Å². The summed E-state index contributed by atoms with van der Waals surface area (Å²) in [6.45, 7) is 2.30. The van der Waals surface area contributed by atoms with E-state index >= 15 is 0 Å². The quantitative estimate of drug-likeness (QED) is 0.872. The molecule has 0 spiro atoms. The van der Waals surface area contributed by atoms with Crippen molar-refractivity contribution in [3.8, 4) is 0 Å². The molecule has 2 unspecified atom stereocenters. The van der Waals surface area contributed by atoms with E-state index in [4.69, 9.17) is 5.73 Å². The van der Waals surface area contributed by atoms with Crippen molar-refractivity contribution in [2.45, 2.75) is 45.1 Å². The summed E-state index contributed by atoms with van der Waals surface area (Å²) < 4.78 is 0. The second kappa shape index (κ2) is 5.39. The zero-order valence-corrected chi connectivity index (χ0v) is 10.9. The number of hydrogen-bond acceptors (Lipinski definition) is 3. The van der Waals surface area contributed by atoms with Gasteiger partial charge in [-0.05, 0) is 24.8 Å². The van der Waals surface area contributed by atoms with E-state index in [9.17, 15) is 0 Å². The van der Waals surface area contributed by atoms with E-state index in [1.165, 1.54) is 32.1 Å². The lowest BCUT2D eigenvalue weighted by Gasteiger charge is -2.39. The highest BCUT2D eigenvalue weighted by Crippen LogP contribution is 2.34. The van der Waals surface area contributed by atoms with Crippen LogP contribution in [0.15, 0.2) is 18.5 Å². The average Bonchev–Trinajstić information content (AvgIpc) is 2.38. The number of anilines is 2. The second-order valence-corrected chi connectivity index (χ2v) is 5.07. The highest BCUT2D eigenvalue weighted by atomic mass is 15.1. The first kappa shape index (κ1) is 12.2. The summed E-state index contributed by atoms with van der Waals surface area (Å²) in [6.07, 6.45) is 10.2. The maximum Gasteiger partial charge on any atom is 0.0738 e. The fraction of sp³-hybridized carbons (Fsp3) is 0.643. The lowest BCUT2D eigenvalue weighted by molar-refractivity contribution is 0.292. The summed E-state index contributed by atoms with van der Waals surface area (Å²) in [5, 5.41) is 0. The minimum Gasteiger partial charge on any atom is -0.396 e. The molecule has 0 amide bonds. The molecular weight excluding hydrogens is 210 g/mol. The van der Waals surface area contributed by atoms with Gasteiger partial charge in [-0.1, -0.05) is 26.2 Å². The fourth-order valence-electron chi connectivity index (χ4n) is 3.07. The van der Waals surface area contributed by atoms with Gasteiger partial charge >= 0.3 is 0 Å². The largest absolute Gasteiger partial charge is 0.396 e. The summed E-state index contributed by atoms with van der Waals surface area (Å²) in [5.41, 5.74) is 7.93. The van der Waals surface area contributed by atoms with Crippen molar-refractivity contribution in [3.63, 3.8) is 0 Å². The number of nitrogens with zero attached hydrogens (tertiary/aromatic N) is 2. The maximum absolute atomic E-state index is 6.01. The minimum absolute atomic E-state index is 0.637. The second-order valence-electron chi connectivity index (χ2n) is 5.07. The van der Waals surface area contributed by atoms with Crippen LogP contribution in [0.4, 0.5) is 11.4 Å². The van der Waals surface area contributed by atoms with Crippen LogP contribution >= 0.6 is 0 Å². The third-order valence-electron chi connectivity index (χ3n) is 4.10. The topological polar surface area (TPSA) is 42.2 Å². The van der Waals surface area contributed by atoms with Gasteiger partial charge in [-0.25, -0.2) is 0 Å². The first-order chi connectivity index (χ1) is 8.24. The predicted octanol–water partition coefficient (Wildman–Crippen LogP) is 3.07. The van der Waals surface area contributed by atoms with Gasteiger partial charge in [0.15, 0.2) is 0 Å². The molecule has 0 aromatic carbocycles. The monoisotopic (exact) mass is 233 g/mol. The first-order valence-electron chi connectivity index (χ1n) is 6.66. The number of nitrogen functional groups attached to an aromatic ring is 1. The summed E-state index contributed by atoms with van der Waals surface area (Å²) >= 11 is 0. The zero-order valence-electron chi connectivity index (χ0n) is 10.9. The molecular formula is C14H23N3. The molecule has 2 N–H and O–H groups in total. The molecule has 3 nitrogen and oxygen atoms in total. The third kappa shape index (κ3) is 2.54. The van der Waals surface area contributed by atoms with E-state index in [-0.39, 0.29) is 0 Å². The molecule has 1 aromatic rings. The molecule has 3 heteroatoms. The Morgan fingerprint density at radius 1 is 1.41 bits per heavy atom. The van der Waals surface area contributed by atoms with Crippen LogP contribution in [0.1, 0.15) is 39.0 Å². The van der Waals surface area contributed by atoms with Crippen molar-refractivity contribution < 1.29 is 0 Å². The minimum atomic E-state index is 0.637. The van der Waals surface area contributed by atoms with Gasteiger partial charge in [-0.15, -0.1) is 0 Å².